The molecule has 26 heavy (non-hydrogen) atoms. The molecule has 1 rings (SSSR count). The van der Waals surface area contributed by atoms with E-state index in [1.165, 1.54) is 0 Å². The number of nitrogens with zero attached hydrogens (tertiary/aromatic N) is 3. The fourth-order valence-corrected chi connectivity index (χ4v) is 2.38. The van der Waals surface area contributed by atoms with Gasteiger partial charge in [-0.25, -0.2) is 0 Å². The number of halogens is 3. The van der Waals surface area contributed by atoms with Gasteiger partial charge in [0.15, 0.2) is 0 Å². The van der Waals surface area contributed by atoms with E-state index in [9.17, 15) is 4.79 Å². The summed E-state index contributed by atoms with van der Waals surface area (Å²) in [6.45, 7) is 5.03. The van der Waals surface area contributed by atoms with Crippen LogP contribution in [0.25, 0.3) is 0 Å². The first-order valence-electron chi connectivity index (χ1n) is 8.35. The molecule has 2 unspecified atom stereocenters. The third-order valence-corrected chi connectivity index (χ3v) is 3.61. The molecule has 0 fully saturated rings. The standard InChI is InChI=1S/C16H30N6O.3ClH/c1-12(17)19-9-5-3-7-14-11-21-15(16(23)22-14)8-4-6-10-20-13(2)18;;;/h11,14-15H,3-10H2,1-2H3,(H2,17,19)(H2,18,20)(H,22,23);3*1H. The van der Waals surface area contributed by atoms with Gasteiger partial charge in [0.05, 0.1) is 17.7 Å². The monoisotopic (exact) mass is 430 g/mol. The van der Waals surface area contributed by atoms with Crippen molar-refractivity contribution in [3.63, 3.8) is 0 Å². The highest BCUT2D eigenvalue weighted by Gasteiger charge is 2.23. The number of nitrogens with two attached hydrogens (primary N) is 2. The predicted octanol–water partition coefficient (Wildman–Crippen LogP) is 2.28. The zero-order valence-corrected chi connectivity index (χ0v) is 18.0. The molecule has 154 valence electrons. The Balaban J connectivity index is -0.00000176. The van der Waals surface area contributed by atoms with Crippen molar-refractivity contribution in [2.45, 2.75) is 64.5 Å². The van der Waals surface area contributed by atoms with Gasteiger partial charge in [-0.15, -0.1) is 37.2 Å². The molecule has 0 aliphatic carbocycles. The van der Waals surface area contributed by atoms with Gasteiger partial charge >= 0.3 is 0 Å². The summed E-state index contributed by atoms with van der Waals surface area (Å²) in [6.07, 6.45) is 7.36. The number of carbonyl (C=O) groups excluding carboxylic acids is 1. The van der Waals surface area contributed by atoms with E-state index in [0.717, 1.165) is 45.1 Å². The first kappa shape index (κ1) is 29.7. The lowest BCUT2D eigenvalue weighted by Gasteiger charge is -2.23. The topological polar surface area (TPSA) is 118 Å². The van der Waals surface area contributed by atoms with Gasteiger partial charge in [-0.3, -0.25) is 19.8 Å². The summed E-state index contributed by atoms with van der Waals surface area (Å²) in [7, 11) is 0. The van der Waals surface area contributed by atoms with Gasteiger partial charge in [0, 0.05) is 19.3 Å². The van der Waals surface area contributed by atoms with Crippen LogP contribution in [0.3, 0.4) is 0 Å². The first-order chi connectivity index (χ1) is 11.0. The Morgan fingerprint density at radius 3 is 1.96 bits per heavy atom. The summed E-state index contributed by atoms with van der Waals surface area (Å²) in [5.41, 5.74) is 11.0. The van der Waals surface area contributed by atoms with Crippen molar-refractivity contribution >= 4 is 61.0 Å². The molecule has 0 aromatic carbocycles. The molecule has 10 heteroatoms. The summed E-state index contributed by atoms with van der Waals surface area (Å²) >= 11 is 0. The highest BCUT2D eigenvalue weighted by Crippen LogP contribution is 2.11. The number of hydrogen-bond donors (Lipinski definition) is 3. The minimum Gasteiger partial charge on any atom is -0.388 e. The van der Waals surface area contributed by atoms with E-state index in [1.54, 1.807) is 13.8 Å². The molecule has 0 aromatic rings. The third kappa shape index (κ3) is 14.2. The highest BCUT2D eigenvalue weighted by molar-refractivity contribution is 5.89. The molecular formula is C16H33Cl3N6O. The van der Waals surface area contributed by atoms with E-state index >= 15 is 0 Å². The number of carbonyl (C=O) groups is 1. The molecule has 1 heterocycles. The number of amidine groups is 2. The molecule has 0 aromatic heterocycles. The van der Waals surface area contributed by atoms with Crippen molar-refractivity contribution in [2.75, 3.05) is 13.1 Å². The molecular weight excluding hydrogens is 399 g/mol. The van der Waals surface area contributed by atoms with E-state index in [4.69, 9.17) is 11.5 Å². The van der Waals surface area contributed by atoms with Crippen LogP contribution in [0, 0.1) is 0 Å². The van der Waals surface area contributed by atoms with E-state index in [0.29, 0.717) is 18.2 Å². The van der Waals surface area contributed by atoms with E-state index < -0.39 is 0 Å². The van der Waals surface area contributed by atoms with E-state index in [1.807, 2.05) is 6.21 Å². The number of hydrogen-bond acceptors (Lipinski definition) is 4. The van der Waals surface area contributed by atoms with Crippen LogP contribution in [0.4, 0.5) is 0 Å². The molecule has 5 N–H and O–H groups in total. The maximum Gasteiger partial charge on any atom is 0.245 e. The van der Waals surface area contributed by atoms with E-state index in [-0.39, 0.29) is 55.2 Å². The maximum absolute atomic E-state index is 12.0. The summed E-state index contributed by atoms with van der Waals surface area (Å²) in [6, 6.07) is -0.204. The predicted molar refractivity (Wildman–Crippen MR) is 118 cm³/mol. The van der Waals surface area contributed by atoms with E-state index in [2.05, 4.69) is 20.3 Å². The average Bonchev–Trinajstić information content (AvgIpc) is 2.47. The van der Waals surface area contributed by atoms with Gasteiger partial charge in [0.2, 0.25) is 5.91 Å². The van der Waals surface area contributed by atoms with Crippen LogP contribution >= 0.6 is 37.2 Å². The van der Waals surface area contributed by atoms with Gasteiger partial charge < -0.3 is 16.8 Å². The second kappa shape index (κ2) is 17.4. The number of nitrogens with one attached hydrogen (secondary N) is 1. The molecule has 7 nitrogen and oxygen atoms in total. The maximum atomic E-state index is 12.0. The Kier molecular flexibility index (Phi) is 19.8. The first-order valence-corrected chi connectivity index (χ1v) is 8.35. The smallest absolute Gasteiger partial charge is 0.245 e. The highest BCUT2D eigenvalue weighted by atomic mass is 35.5. The zero-order valence-electron chi connectivity index (χ0n) is 15.5. The Bertz CT molecular complexity index is 463. The quantitative estimate of drug-likeness (QED) is 0.280. The van der Waals surface area contributed by atoms with Crippen LogP contribution in [0.2, 0.25) is 0 Å². The Morgan fingerprint density at radius 2 is 1.50 bits per heavy atom. The van der Waals surface area contributed by atoms with Crippen LogP contribution in [-0.4, -0.2) is 49.0 Å². The minimum absolute atomic E-state index is 0. The van der Waals surface area contributed by atoms with Crippen molar-refractivity contribution in [3.8, 4) is 0 Å². The Hall–Kier alpha value is -1.05. The molecule has 0 bridgehead atoms. The van der Waals surface area contributed by atoms with Gasteiger partial charge in [0.25, 0.3) is 0 Å². The second-order valence-electron chi connectivity index (χ2n) is 5.97. The molecule has 0 spiro atoms. The number of aliphatic imine (C=N–C) groups is 3. The molecule has 1 amide bonds. The summed E-state index contributed by atoms with van der Waals surface area (Å²) in [4.78, 5) is 24.7. The van der Waals surface area contributed by atoms with Crippen molar-refractivity contribution in [2.24, 2.45) is 26.4 Å². The SMILES string of the molecule is CC(N)=NCCCCC1C=NC(CCCCN=C(C)N)C(=O)N1.Cl.Cl.Cl. The van der Waals surface area contributed by atoms with Crippen molar-refractivity contribution in [1.82, 2.24) is 5.32 Å². The molecule has 0 saturated carbocycles. The molecule has 1 aliphatic rings. The van der Waals surface area contributed by atoms with Crippen molar-refractivity contribution < 1.29 is 4.79 Å². The fraction of sp³-hybridized carbons (Fsp3) is 0.750. The normalized spacial score (nSPS) is 19.7. The van der Waals surface area contributed by atoms with Gasteiger partial charge in [-0.1, -0.05) is 0 Å². The Labute approximate surface area is 175 Å². The third-order valence-electron chi connectivity index (χ3n) is 3.61. The Morgan fingerprint density at radius 1 is 1.00 bits per heavy atom. The number of unbranched alkanes of at least 4 members (excludes halogenated alkanes) is 2. The molecule has 0 radical (unpaired) electrons. The second-order valence-corrected chi connectivity index (χ2v) is 5.97. The van der Waals surface area contributed by atoms with Gasteiger partial charge in [-0.2, -0.15) is 0 Å². The summed E-state index contributed by atoms with van der Waals surface area (Å²) < 4.78 is 0. The minimum atomic E-state index is -0.251. The summed E-state index contributed by atoms with van der Waals surface area (Å²) in [5, 5.41) is 3.03. The number of rotatable bonds is 10. The van der Waals surface area contributed by atoms with Crippen LogP contribution in [0.5, 0.6) is 0 Å². The van der Waals surface area contributed by atoms with Crippen LogP contribution in [-0.2, 0) is 4.79 Å². The average molecular weight is 432 g/mol. The largest absolute Gasteiger partial charge is 0.388 e. The number of amides is 1. The van der Waals surface area contributed by atoms with Gasteiger partial charge in [0.1, 0.15) is 6.04 Å². The van der Waals surface area contributed by atoms with Gasteiger partial charge in [-0.05, 0) is 52.4 Å². The van der Waals surface area contributed by atoms with Crippen molar-refractivity contribution in [1.29, 1.82) is 0 Å². The molecule has 0 saturated heterocycles. The zero-order chi connectivity index (χ0) is 17.1. The van der Waals surface area contributed by atoms with Crippen LogP contribution in [0.15, 0.2) is 15.0 Å². The lowest BCUT2D eigenvalue weighted by molar-refractivity contribution is -0.123. The van der Waals surface area contributed by atoms with Crippen LogP contribution in [0.1, 0.15) is 52.4 Å². The summed E-state index contributed by atoms with van der Waals surface area (Å²) in [5.74, 6) is 1.26. The lowest BCUT2D eigenvalue weighted by Crippen LogP contribution is -2.45. The fourth-order valence-electron chi connectivity index (χ4n) is 2.38. The van der Waals surface area contributed by atoms with Crippen LogP contribution < -0.4 is 16.8 Å². The lowest BCUT2D eigenvalue weighted by atomic mass is 10.0. The molecule has 1 aliphatic heterocycles. The molecule has 2 atom stereocenters. The van der Waals surface area contributed by atoms with Crippen molar-refractivity contribution in [3.05, 3.63) is 0 Å².